The van der Waals surface area contributed by atoms with Crippen LogP contribution in [0.5, 0.6) is 0 Å². The van der Waals surface area contributed by atoms with Crippen molar-refractivity contribution in [3.05, 3.63) is 48.8 Å². The Kier molecular flexibility index (Phi) is 4.81. The van der Waals surface area contributed by atoms with Gasteiger partial charge in [0.1, 0.15) is 18.7 Å². The molecule has 1 aliphatic rings. The first-order valence-electron chi connectivity index (χ1n) is 9.86. The second-order valence-corrected chi connectivity index (χ2v) is 7.20. The molecule has 11 heteroatoms. The number of nitrogens with zero attached hydrogens (tertiary/aromatic N) is 7. The molecule has 0 radical (unpaired) electrons. The monoisotopic (exact) mass is 416 g/mol. The van der Waals surface area contributed by atoms with Crippen LogP contribution < -0.4 is 16.4 Å². The van der Waals surface area contributed by atoms with Gasteiger partial charge in [-0.05, 0) is 31.0 Å². The average molecular weight is 416 g/mol. The number of nitrogens with one attached hydrogen (secondary N) is 2. The fraction of sp³-hybridized carbons (Fsp3) is 0.250. The fourth-order valence-electron chi connectivity index (χ4n) is 3.59. The van der Waals surface area contributed by atoms with E-state index in [1.165, 1.54) is 17.0 Å². The molecule has 0 spiro atoms. The zero-order valence-electron chi connectivity index (χ0n) is 16.6. The third-order valence-electron chi connectivity index (χ3n) is 5.13. The van der Waals surface area contributed by atoms with Crippen molar-refractivity contribution in [3.8, 4) is 11.8 Å². The van der Waals surface area contributed by atoms with E-state index in [-0.39, 0.29) is 0 Å². The summed E-state index contributed by atoms with van der Waals surface area (Å²) < 4.78 is 8.59. The van der Waals surface area contributed by atoms with Crippen LogP contribution in [0.2, 0.25) is 0 Å². The van der Waals surface area contributed by atoms with Crippen molar-refractivity contribution >= 4 is 28.5 Å². The topological polar surface area (TPSA) is 144 Å². The highest BCUT2D eigenvalue weighted by Crippen LogP contribution is 2.28. The lowest BCUT2D eigenvalue weighted by atomic mass is 10.1. The van der Waals surface area contributed by atoms with Crippen LogP contribution in [0.1, 0.15) is 18.5 Å². The summed E-state index contributed by atoms with van der Waals surface area (Å²) in [6.07, 6.45) is 6.50. The highest BCUT2D eigenvalue weighted by Gasteiger charge is 2.17. The van der Waals surface area contributed by atoms with Gasteiger partial charge in [0.15, 0.2) is 17.2 Å². The van der Waals surface area contributed by atoms with Crippen LogP contribution >= 0.6 is 0 Å². The van der Waals surface area contributed by atoms with Gasteiger partial charge >= 0.3 is 0 Å². The van der Waals surface area contributed by atoms with Gasteiger partial charge in [-0.2, -0.15) is 14.9 Å². The van der Waals surface area contributed by atoms with E-state index in [0.29, 0.717) is 28.9 Å². The largest absolute Gasteiger partial charge is 0.396 e. The molecular weight excluding hydrogens is 396 g/mol. The van der Waals surface area contributed by atoms with Crippen LogP contribution in [0.15, 0.2) is 43.1 Å². The van der Waals surface area contributed by atoms with Gasteiger partial charge in [-0.25, -0.2) is 14.6 Å². The molecule has 4 aromatic rings. The SMILES string of the molecule is N#Cc1cnc2c(N)cc(Nc3ccc(NC4CCOCC4)c(-n4cncn4)c3)nn12. The number of anilines is 4. The molecule has 1 saturated heterocycles. The standard InChI is InChI=1S/C20H20N10O/c21-9-15-10-24-20-16(22)8-19(28-30(15)20)27-14-1-2-17(26-13-3-5-31-6-4-13)18(7-14)29-12-23-11-25-29/h1-2,7-8,10-13,26H,3-6,22H2,(H,27,28). The van der Waals surface area contributed by atoms with Crippen LogP contribution in [-0.4, -0.2) is 48.6 Å². The number of hydrogen-bond donors (Lipinski definition) is 3. The van der Waals surface area contributed by atoms with Crippen molar-refractivity contribution in [1.29, 1.82) is 5.26 Å². The lowest BCUT2D eigenvalue weighted by Gasteiger charge is -2.25. The molecule has 4 heterocycles. The first kappa shape index (κ1) is 18.8. The lowest BCUT2D eigenvalue weighted by Crippen LogP contribution is -2.28. The third kappa shape index (κ3) is 3.72. The van der Waals surface area contributed by atoms with E-state index in [4.69, 9.17) is 10.5 Å². The molecule has 156 valence electrons. The van der Waals surface area contributed by atoms with Crippen molar-refractivity contribution in [1.82, 2.24) is 29.4 Å². The molecule has 0 amide bonds. The third-order valence-corrected chi connectivity index (χ3v) is 5.13. The molecule has 1 aromatic carbocycles. The molecule has 0 bridgehead atoms. The van der Waals surface area contributed by atoms with E-state index in [0.717, 1.165) is 43.1 Å². The Balaban J connectivity index is 1.48. The number of nitrogen functional groups attached to an aromatic ring is 1. The Morgan fingerprint density at radius 2 is 2.10 bits per heavy atom. The number of aromatic nitrogens is 6. The zero-order chi connectivity index (χ0) is 21.2. The van der Waals surface area contributed by atoms with Gasteiger partial charge in [0, 0.05) is 31.0 Å². The molecule has 3 aromatic heterocycles. The van der Waals surface area contributed by atoms with Crippen LogP contribution in [0.4, 0.5) is 22.9 Å². The number of benzene rings is 1. The number of nitriles is 1. The van der Waals surface area contributed by atoms with Gasteiger partial charge in [0.05, 0.1) is 23.3 Å². The van der Waals surface area contributed by atoms with Crippen molar-refractivity contribution in [2.45, 2.75) is 18.9 Å². The fourth-order valence-corrected chi connectivity index (χ4v) is 3.59. The first-order valence-corrected chi connectivity index (χ1v) is 9.86. The summed E-state index contributed by atoms with van der Waals surface area (Å²) in [5.74, 6) is 0.495. The van der Waals surface area contributed by atoms with E-state index in [9.17, 15) is 5.26 Å². The molecule has 0 atom stereocenters. The number of imidazole rings is 1. The highest BCUT2D eigenvalue weighted by atomic mass is 16.5. The number of ether oxygens (including phenoxy) is 1. The maximum absolute atomic E-state index is 9.26. The second-order valence-electron chi connectivity index (χ2n) is 7.20. The Labute approximate surface area is 177 Å². The summed E-state index contributed by atoms with van der Waals surface area (Å²) in [4.78, 5) is 8.21. The van der Waals surface area contributed by atoms with Crippen LogP contribution in [0, 0.1) is 11.3 Å². The van der Waals surface area contributed by atoms with Gasteiger partial charge in [0.25, 0.3) is 0 Å². The van der Waals surface area contributed by atoms with Crippen molar-refractivity contribution in [3.63, 3.8) is 0 Å². The zero-order valence-corrected chi connectivity index (χ0v) is 16.6. The molecule has 31 heavy (non-hydrogen) atoms. The number of nitrogens with two attached hydrogens (primary N) is 1. The summed E-state index contributed by atoms with van der Waals surface area (Å²) in [7, 11) is 0. The summed E-state index contributed by atoms with van der Waals surface area (Å²) in [6.45, 7) is 1.51. The van der Waals surface area contributed by atoms with E-state index < -0.39 is 0 Å². The molecular formula is C20H20N10O. The summed E-state index contributed by atoms with van der Waals surface area (Å²) in [5.41, 5.74) is 9.87. The quantitative estimate of drug-likeness (QED) is 0.445. The van der Waals surface area contributed by atoms with Crippen molar-refractivity contribution in [2.75, 3.05) is 29.6 Å². The van der Waals surface area contributed by atoms with Gasteiger partial charge in [-0.1, -0.05) is 0 Å². The molecule has 5 rings (SSSR count). The average Bonchev–Trinajstić information content (AvgIpc) is 3.46. The van der Waals surface area contributed by atoms with Crippen LogP contribution in [0.3, 0.4) is 0 Å². The molecule has 11 nitrogen and oxygen atoms in total. The van der Waals surface area contributed by atoms with E-state index in [1.807, 2.05) is 18.2 Å². The van der Waals surface area contributed by atoms with E-state index in [2.05, 4.69) is 36.9 Å². The van der Waals surface area contributed by atoms with Gasteiger partial charge in [-0.15, -0.1) is 5.10 Å². The molecule has 1 fully saturated rings. The Morgan fingerprint density at radius 3 is 2.87 bits per heavy atom. The van der Waals surface area contributed by atoms with Crippen LogP contribution in [-0.2, 0) is 4.74 Å². The van der Waals surface area contributed by atoms with Gasteiger partial charge < -0.3 is 21.1 Å². The minimum Gasteiger partial charge on any atom is -0.396 e. The molecule has 1 aliphatic heterocycles. The van der Waals surface area contributed by atoms with E-state index >= 15 is 0 Å². The summed E-state index contributed by atoms with van der Waals surface area (Å²) in [5, 5.41) is 24.8. The minimum absolute atomic E-state index is 0.310. The first-order chi connectivity index (χ1) is 15.2. The van der Waals surface area contributed by atoms with E-state index in [1.54, 1.807) is 17.1 Å². The highest BCUT2D eigenvalue weighted by molar-refractivity contribution is 5.73. The smallest absolute Gasteiger partial charge is 0.178 e. The predicted octanol–water partition coefficient (Wildman–Crippen LogP) is 2.10. The Morgan fingerprint density at radius 1 is 1.23 bits per heavy atom. The molecule has 4 N–H and O–H groups in total. The summed E-state index contributed by atoms with van der Waals surface area (Å²) in [6, 6.07) is 9.98. The number of fused-ring (bicyclic) bond motifs is 1. The van der Waals surface area contributed by atoms with Crippen molar-refractivity contribution < 1.29 is 4.74 Å². The van der Waals surface area contributed by atoms with Crippen LogP contribution in [0.25, 0.3) is 11.3 Å². The maximum atomic E-state index is 9.26. The van der Waals surface area contributed by atoms with Gasteiger partial charge in [0.2, 0.25) is 0 Å². The second kappa shape index (κ2) is 7.92. The Bertz CT molecular complexity index is 1250. The lowest BCUT2D eigenvalue weighted by molar-refractivity contribution is 0.0904. The predicted molar refractivity (Wildman–Crippen MR) is 114 cm³/mol. The normalized spacial score (nSPS) is 14.4. The summed E-state index contributed by atoms with van der Waals surface area (Å²) >= 11 is 0. The molecule has 0 aliphatic carbocycles. The Hall–Kier alpha value is -4.17. The van der Waals surface area contributed by atoms with Gasteiger partial charge in [-0.3, -0.25) is 0 Å². The molecule has 0 saturated carbocycles. The minimum atomic E-state index is 0.310. The molecule has 0 unspecified atom stereocenters. The van der Waals surface area contributed by atoms with Crippen molar-refractivity contribution in [2.24, 2.45) is 0 Å². The number of hydrogen-bond acceptors (Lipinski definition) is 9. The maximum Gasteiger partial charge on any atom is 0.178 e. The number of rotatable bonds is 5.